The second-order valence-electron chi connectivity index (χ2n) is 7.90. The van der Waals surface area contributed by atoms with Crippen molar-refractivity contribution in [1.29, 1.82) is 0 Å². The summed E-state index contributed by atoms with van der Waals surface area (Å²) in [4.78, 5) is 2.57. The molecule has 2 aliphatic rings. The molecule has 1 atom stereocenters. The quantitative estimate of drug-likeness (QED) is 0.629. The molecule has 0 amide bonds. The van der Waals surface area contributed by atoms with Crippen molar-refractivity contribution < 1.29 is 30.8 Å². The maximum Gasteiger partial charge on any atom is 0.452 e. The van der Waals surface area contributed by atoms with Gasteiger partial charge in [0.2, 0.25) is 5.76 Å². The van der Waals surface area contributed by atoms with E-state index >= 15 is 0 Å². The highest BCUT2D eigenvalue weighted by Gasteiger charge is 2.37. The zero-order chi connectivity index (χ0) is 22.2. The molecule has 0 bridgehead atoms. The van der Waals surface area contributed by atoms with Crippen LogP contribution in [0.1, 0.15) is 31.4 Å². The topological polar surface area (TPSA) is 75.9 Å². The lowest BCUT2D eigenvalue weighted by molar-refractivity contribution is -0.155. The predicted octanol–water partition coefficient (Wildman–Crippen LogP) is 3.69. The monoisotopic (exact) mass is 479 g/mol. The van der Waals surface area contributed by atoms with Crippen LogP contribution in [-0.4, -0.2) is 68.2 Å². The van der Waals surface area contributed by atoms with Crippen molar-refractivity contribution in [2.75, 3.05) is 33.3 Å². The zero-order valence-corrected chi connectivity index (χ0v) is 18.6. The standard InChI is InChI=1S/C19H24F3N3O4S2/c1-24(12-14-3-2-10-28-14)13-6-8-25(9-7-13)31(26,27)18-5-4-16(30-18)15-11-17(29-23-15)19(20,21)22/h4-5,11,13-14H,2-3,6-10,12H2,1H3. The lowest BCUT2D eigenvalue weighted by Gasteiger charge is -2.36. The molecular formula is C19H24F3N3O4S2. The van der Waals surface area contributed by atoms with Crippen molar-refractivity contribution in [2.45, 2.75) is 48.2 Å². The molecule has 2 aromatic heterocycles. The number of thiophene rings is 1. The largest absolute Gasteiger partial charge is 0.452 e. The van der Waals surface area contributed by atoms with Crippen LogP contribution in [0.15, 0.2) is 26.9 Å². The number of aromatic nitrogens is 1. The molecule has 0 saturated carbocycles. The first-order chi connectivity index (χ1) is 14.6. The highest BCUT2D eigenvalue weighted by molar-refractivity contribution is 7.91. The number of hydrogen-bond donors (Lipinski definition) is 0. The zero-order valence-electron chi connectivity index (χ0n) is 17.0. The van der Waals surface area contributed by atoms with E-state index < -0.39 is 22.0 Å². The molecular weight excluding hydrogens is 455 g/mol. The van der Waals surface area contributed by atoms with Crippen LogP contribution >= 0.6 is 11.3 Å². The summed E-state index contributed by atoms with van der Waals surface area (Å²) in [6.07, 6.45) is -0.792. The molecule has 4 heterocycles. The summed E-state index contributed by atoms with van der Waals surface area (Å²) in [7, 11) is -1.66. The third kappa shape index (κ3) is 4.98. The summed E-state index contributed by atoms with van der Waals surface area (Å²) < 4.78 is 75.8. The van der Waals surface area contributed by atoms with Crippen molar-refractivity contribution in [1.82, 2.24) is 14.4 Å². The number of ether oxygens (including phenoxy) is 1. The molecule has 4 rings (SSSR count). The van der Waals surface area contributed by atoms with Crippen LogP contribution in [0.5, 0.6) is 0 Å². The Kier molecular flexibility index (Phi) is 6.46. The van der Waals surface area contributed by atoms with Gasteiger partial charge in [0, 0.05) is 38.3 Å². The van der Waals surface area contributed by atoms with Crippen LogP contribution in [-0.2, 0) is 20.9 Å². The molecule has 2 aromatic rings. The molecule has 7 nitrogen and oxygen atoms in total. The summed E-state index contributed by atoms with van der Waals surface area (Å²) in [5.41, 5.74) is -0.0340. The summed E-state index contributed by atoms with van der Waals surface area (Å²) in [6, 6.07) is 3.94. The van der Waals surface area contributed by atoms with E-state index in [2.05, 4.69) is 21.6 Å². The van der Waals surface area contributed by atoms with Gasteiger partial charge in [-0.05, 0) is 44.9 Å². The highest BCUT2D eigenvalue weighted by atomic mass is 32.2. The molecule has 0 N–H and O–H groups in total. The molecule has 0 spiro atoms. The number of nitrogens with zero attached hydrogens (tertiary/aromatic N) is 3. The maximum absolute atomic E-state index is 13.0. The Bertz CT molecular complexity index is 991. The van der Waals surface area contributed by atoms with Crippen LogP contribution in [0.2, 0.25) is 0 Å². The van der Waals surface area contributed by atoms with Crippen molar-refractivity contribution >= 4 is 21.4 Å². The van der Waals surface area contributed by atoms with E-state index in [0.717, 1.165) is 56.2 Å². The average molecular weight is 480 g/mol. The third-order valence-corrected chi connectivity index (χ3v) is 9.25. The van der Waals surface area contributed by atoms with Gasteiger partial charge in [-0.3, -0.25) is 0 Å². The van der Waals surface area contributed by atoms with Crippen LogP contribution < -0.4 is 0 Å². The van der Waals surface area contributed by atoms with E-state index in [1.54, 1.807) is 0 Å². The summed E-state index contributed by atoms with van der Waals surface area (Å²) in [6.45, 7) is 2.46. The molecule has 1 unspecified atom stereocenters. The van der Waals surface area contributed by atoms with Gasteiger partial charge in [0.25, 0.3) is 10.0 Å². The van der Waals surface area contributed by atoms with Gasteiger partial charge in [-0.25, -0.2) is 8.42 Å². The Morgan fingerprint density at radius 2 is 2.00 bits per heavy atom. The Labute approximate surface area is 182 Å². The fourth-order valence-electron chi connectivity index (χ4n) is 4.03. The number of sulfonamides is 1. The summed E-state index contributed by atoms with van der Waals surface area (Å²) in [5, 5.41) is 3.42. The van der Waals surface area contributed by atoms with E-state index in [4.69, 9.17) is 4.74 Å². The van der Waals surface area contributed by atoms with Crippen molar-refractivity contribution in [3.05, 3.63) is 24.0 Å². The van der Waals surface area contributed by atoms with Crippen LogP contribution in [0, 0.1) is 0 Å². The van der Waals surface area contributed by atoms with Crippen molar-refractivity contribution in [3.63, 3.8) is 0 Å². The number of alkyl halides is 3. The van der Waals surface area contributed by atoms with Crippen LogP contribution in [0.3, 0.4) is 0 Å². The van der Waals surface area contributed by atoms with Gasteiger partial charge < -0.3 is 14.2 Å². The normalized spacial score (nSPS) is 21.9. The van der Waals surface area contributed by atoms with Gasteiger partial charge in [0.1, 0.15) is 9.90 Å². The second kappa shape index (κ2) is 8.81. The molecule has 0 aromatic carbocycles. The SMILES string of the molecule is CN(CC1CCCO1)C1CCN(S(=O)(=O)c2ccc(-c3cc(C(F)(F)F)on3)s2)CC1. The molecule has 0 aliphatic carbocycles. The van der Waals surface area contributed by atoms with Gasteiger partial charge in [-0.2, -0.15) is 17.5 Å². The lowest BCUT2D eigenvalue weighted by Crippen LogP contribution is -2.47. The Morgan fingerprint density at radius 1 is 1.26 bits per heavy atom. The van der Waals surface area contributed by atoms with Crippen molar-refractivity contribution in [2.24, 2.45) is 0 Å². The molecule has 172 valence electrons. The van der Waals surface area contributed by atoms with Gasteiger partial charge >= 0.3 is 6.18 Å². The first-order valence-corrected chi connectivity index (χ1v) is 12.4. The molecule has 2 fully saturated rings. The molecule has 0 radical (unpaired) electrons. The van der Waals surface area contributed by atoms with E-state index in [9.17, 15) is 21.6 Å². The van der Waals surface area contributed by atoms with Gasteiger partial charge in [-0.1, -0.05) is 5.16 Å². The fraction of sp³-hybridized carbons (Fsp3) is 0.632. The number of piperidine rings is 1. The summed E-state index contributed by atoms with van der Waals surface area (Å²) >= 11 is 0.893. The minimum Gasteiger partial charge on any atom is -0.377 e. The van der Waals surface area contributed by atoms with E-state index in [0.29, 0.717) is 24.0 Å². The maximum atomic E-state index is 13.0. The average Bonchev–Trinajstić information content (AvgIpc) is 3.47. The van der Waals surface area contributed by atoms with E-state index in [1.165, 1.54) is 16.4 Å². The minimum atomic E-state index is -4.64. The number of rotatable bonds is 6. The van der Waals surface area contributed by atoms with Crippen LogP contribution in [0.25, 0.3) is 10.6 Å². The highest BCUT2D eigenvalue weighted by Crippen LogP contribution is 2.36. The number of hydrogen-bond acceptors (Lipinski definition) is 7. The van der Waals surface area contributed by atoms with Gasteiger partial charge in [-0.15, -0.1) is 11.3 Å². The number of likely N-dealkylation sites (N-methyl/N-ethyl adjacent to an activating group) is 1. The minimum absolute atomic E-state index is 0.0340. The summed E-state index contributed by atoms with van der Waals surface area (Å²) in [5.74, 6) is -1.21. The van der Waals surface area contributed by atoms with E-state index in [-0.39, 0.29) is 16.0 Å². The fourth-order valence-corrected chi connectivity index (χ4v) is 6.91. The van der Waals surface area contributed by atoms with E-state index in [1.807, 2.05) is 0 Å². The van der Waals surface area contributed by atoms with Crippen LogP contribution in [0.4, 0.5) is 13.2 Å². The molecule has 12 heteroatoms. The third-order valence-electron chi connectivity index (χ3n) is 5.78. The molecule has 31 heavy (non-hydrogen) atoms. The van der Waals surface area contributed by atoms with Crippen molar-refractivity contribution in [3.8, 4) is 10.6 Å². The first kappa shape index (κ1) is 22.7. The number of halogens is 3. The van der Waals surface area contributed by atoms with Gasteiger partial charge in [0.15, 0.2) is 0 Å². The second-order valence-corrected chi connectivity index (χ2v) is 11.2. The molecule has 2 aliphatic heterocycles. The first-order valence-electron chi connectivity index (χ1n) is 10.1. The van der Waals surface area contributed by atoms with Gasteiger partial charge in [0.05, 0.1) is 11.0 Å². The Morgan fingerprint density at radius 3 is 2.61 bits per heavy atom. The smallest absolute Gasteiger partial charge is 0.377 e. The Balaban J connectivity index is 1.39. The molecule has 2 saturated heterocycles. The predicted molar refractivity (Wildman–Crippen MR) is 108 cm³/mol. The lowest BCUT2D eigenvalue weighted by atomic mass is 10.0. The Hall–Kier alpha value is -1.47.